The average Bonchev–Trinajstić information content (AvgIpc) is 2.48. The quantitative estimate of drug-likeness (QED) is 0.870. The van der Waals surface area contributed by atoms with Crippen molar-refractivity contribution in [3.8, 4) is 0 Å². The maximum absolute atomic E-state index is 12.3. The van der Waals surface area contributed by atoms with Crippen LogP contribution >= 0.6 is 11.8 Å². The van der Waals surface area contributed by atoms with E-state index >= 15 is 0 Å². The highest BCUT2D eigenvalue weighted by atomic mass is 32.2. The van der Waals surface area contributed by atoms with E-state index in [0.717, 1.165) is 25.7 Å². The van der Waals surface area contributed by atoms with E-state index in [2.05, 4.69) is 21.3 Å². The number of hydrogen-bond acceptors (Lipinski definition) is 5. The van der Waals surface area contributed by atoms with Gasteiger partial charge in [-0.25, -0.2) is 18.1 Å². The number of thioether (sulfide) groups is 1. The third-order valence-electron chi connectivity index (χ3n) is 3.63. The minimum atomic E-state index is -3.46. The lowest BCUT2D eigenvalue weighted by atomic mass is 9.96. The fourth-order valence-electron chi connectivity index (χ4n) is 2.39. The van der Waals surface area contributed by atoms with Gasteiger partial charge in [0, 0.05) is 24.5 Å². The second kappa shape index (κ2) is 6.78. The summed E-state index contributed by atoms with van der Waals surface area (Å²) in [5, 5.41) is 3.54. The predicted octanol–water partition coefficient (Wildman–Crippen LogP) is 2.08. The normalized spacial score (nSPS) is 23.5. The summed E-state index contributed by atoms with van der Waals surface area (Å²) in [4.78, 5) is 4.27. The molecule has 0 spiro atoms. The van der Waals surface area contributed by atoms with Crippen molar-refractivity contribution in [3.05, 3.63) is 18.3 Å². The minimum absolute atomic E-state index is 0.0485. The molecule has 0 aliphatic heterocycles. The van der Waals surface area contributed by atoms with Crippen molar-refractivity contribution in [1.29, 1.82) is 0 Å². The summed E-state index contributed by atoms with van der Waals surface area (Å²) >= 11 is 1.87. The Kier molecular flexibility index (Phi) is 5.29. The van der Waals surface area contributed by atoms with Gasteiger partial charge < -0.3 is 5.32 Å². The second-order valence-electron chi connectivity index (χ2n) is 4.96. The summed E-state index contributed by atoms with van der Waals surface area (Å²) in [6.45, 7) is 0. The molecular formula is C13H21N3O2S2. The van der Waals surface area contributed by atoms with Crippen LogP contribution in [0, 0.1) is 0 Å². The predicted molar refractivity (Wildman–Crippen MR) is 83.7 cm³/mol. The van der Waals surface area contributed by atoms with Crippen LogP contribution in [0.3, 0.4) is 0 Å². The molecule has 0 radical (unpaired) electrons. The van der Waals surface area contributed by atoms with E-state index in [1.807, 2.05) is 11.8 Å². The molecule has 1 aliphatic rings. The highest BCUT2D eigenvalue weighted by molar-refractivity contribution is 7.99. The Morgan fingerprint density at radius 2 is 1.95 bits per heavy atom. The molecule has 5 nitrogen and oxygen atoms in total. The minimum Gasteiger partial charge on any atom is -0.373 e. The lowest BCUT2D eigenvalue weighted by molar-refractivity contribution is 0.420. The molecule has 0 bridgehead atoms. The first-order valence-corrected chi connectivity index (χ1v) is 9.51. The topological polar surface area (TPSA) is 71.1 Å². The highest BCUT2D eigenvalue weighted by Gasteiger charge is 2.25. The standard InChI is InChI=1S/C13H21N3O2S2/c1-14-13-8-7-12(9-15-13)20(17,18)16-10-3-5-11(19-2)6-4-10/h7-11,16H,3-6H2,1-2H3,(H,14,15). The van der Waals surface area contributed by atoms with Crippen LogP contribution in [0.25, 0.3) is 0 Å². The maximum Gasteiger partial charge on any atom is 0.242 e. The Morgan fingerprint density at radius 1 is 1.25 bits per heavy atom. The maximum atomic E-state index is 12.3. The first-order chi connectivity index (χ1) is 9.55. The van der Waals surface area contributed by atoms with E-state index in [0.29, 0.717) is 11.1 Å². The van der Waals surface area contributed by atoms with Gasteiger partial charge in [0.25, 0.3) is 0 Å². The van der Waals surface area contributed by atoms with Gasteiger partial charge in [0.2, 0.25) is 10.0 Å². The fraction of sp³-hybridized carbons (Fsp3) is 0.615. The second-order valence-corrected chi connectivity index (χ2v) is 7.81. The molecule has 1 heterocycles. The third kappa shape index (κ3) is 3.86. The molecule has 0 amide bonds. The van der Waals surface area contributed by atoms with Crippen molar-refractivity contribution in [2.24, 2.45) is 0 Å². The fourth-order valence-corrected chi connectivity index (χ4v) is 4.38. The molecule has 0 atom stereocenters. The Bertz CT molecular complexity index is 523. The van der Waals surface area contributed by atoms with Crippen LogP contribution in [0.1, 0.15) is 25.7 Å². The summed E-state index contributed by atoms with van der Waals surface area (Å²) in [5.74, 6) is 0.657. The van der Waals surface area contributed by atoms with Gasteiger partial charge in [0.15, 0.2) is 0 Å². The zero-order valence-electron chi connectivity index (χ0n) is 11.8. The van der Waals surface area contributed by atoms with Crippen molar-refractivity contribution in [3.63, 3.8) is 0 Å². The zero-order chi connectivity index (χ0) is 14.6. The van der Waals surface area contributed by atoms with Crippen LogP contribution in [0.4, 0.5) is 5.82 Å². The highest BCUT2D eigenvalue weighted by Crippen LogP contribution is 2.27. The zero-order valence-corrected chi connectivity index (χ0v) is 13.4. The Morgan fingerprint density at radius 3 is 2.45 bits per heavy atom. The summed E-state index contributed by atoms with van der Waals surface area (Å²) in [5.41, 5.74) is 0. The summed E-state index contributed by atoms with van der Waals surface area (Å²) in [7, 11) is -1.71. The van der Waals surface area contributed by atoms with Crippen molar-refractivity contribution in [1.82, 2.24) is 9.71 Å². The number of rotatable bonds is 5. The molecule has 0 saturated heterocycles. The van der Waals surface area contributed by atoms with E-state index in [9.17, 15) is 8.42 Å². The van der Waals surface area contributed by atoms with Crippen molar-refractivity contribution in [2.45, 2.75) is 41.9 Å². The number of nitrogens with zero attached hydrogens (tertiary/aromatic N) is 1. The lowest BCUT2D eigenvalue weighted by Gasteiger charge is -2.27. The lowest BCUT2D eigenvalue weighted by Crippen LogP contribution is -2.38. The van der Waals surface area contributed by atoms with Crippen LogP contribution in [-0.2, 0) is 10.0 Å². The number of nitrogens with one attached hydrogen (secondary N) is 2. The Balaban J connectivity index is 2.00. The molecule has 1 saturated carbocycles. The molecule has 0 aromatic carbocycles. The van der Waals surface area contributed by atoms with Gasteiger partial charge in [-0.1, -0.05) is 0 Å². The largest absolute Gasteiger partial charge is 0.373 e. The molecule has 0 unspecified atom stereocenters. The van der Waals surface area contributed by atoms with Crippen LogP contribution < -0.4 is 10.0 Å². The number of pyridine rings is 1. The van der Waals surface area contributed by atoms with Crippen LogP contribution in [0.5, 0.6) is 0 Å². The Labute approximate surface area is 125 Å². The van der Waals surface area contributed by atoms with E-state index in [1.165, 1.54) is 6.20 Å². The van der Waals surface area contributed by atoms with Gasteiger partial charge >= 0.3 is 0 Å². The van der Waals surface area contributed by atoms with Crippen LogP contribution in [0.2, 0.25) is 0 Å². The molecule has 1 aliphatic carbocycles. The van der Waals surface area contributed by atoms with Crippen LogP contribution in [0.15, 0.2) is 23.2 Å². The molecule has 20 heavy (non-hydrogen) atoms. The van der Waals surface area contributed by atoms with Crippen molar-refractivity contribution >= 4 is 27.6 Å². The van der Waals surface area contributed by atoms with E-state index < -0.39 is 10.0 Å². The van der Waals surface area contributed by atoms with E-state index in [4.69, 9.17) is 0 Å². The number of hydrogen-bond donors (Lipinski definition) is 2. The van der Waals surface area contributed by atoms with Crippen molar-refractivity contribution in [2.75, 3.05) is 18.6 Å². The van der Waals surface area contributed by atoms with E-state index in [1.54, 1.807) is 19.2 Å². The van der Waals surface area contributed by atoms with Crippen LogP contribution in [-0.4, -0.2) is 38.0 Å². The smallest absolute Gasteiger partial charge is 0.242 e. The molecule has 2 N–H and O–H groups in total. The molecule has 1 fully saturated rings. The van der Waals surface area contributed by atoms with Gasteiger partial charge in [0.05, 0.1) is 0 Å². The SMILES string of the molecule is CNc1ccc(S(=O)(=O)NC2CCC(SC)CC2)cn1. The van der Waals surface area contributed by atoms with Gasteiger partial charge in [-0.05, 0) is 44.1 Å². The third-order valence-corrected chi connectivity index (χ3v) is 6.28. The summed E-state index contributed by atoms with van der Waals surface area (Å²) in [6, 6.07) is 3.29. The van der Waals surface area contributed by atoms with Gasteiger partial charge in [-0.15, -0.1) is 0 Å². The molecule has 112 valence electrons. The van der Waals surface area contributed by atoms with Gasteiger partial charge in [-0.2, -0.15) is 11.8 Å². The first kappa shape index (κ1) is 15.6. The molecule has 2 rings (SSSR count). The van der Waals surface area contributed by atoms with E-state index in [-0.39, 0.29) is 10.9 Å². The summed E-state index contributed by atoms with van der Waals surface area (Å²) in [6.07, 6.45) is 7.47. The Hall–Kier alpha value is -0.790. The van der Waals surface area contributed by atoms with Gasteiger partial charge in [0.1, 0.15) is 10.7 Å². The molecule has 1 aromatic rings. The number of aromatic nitrogens is 1. The number of anilines is 1. The molecular weight excluding hydrogens is 294 g/mol. The molecule has 7 heteroatoms. The first-order valence-electron chi connectivity index (χ1n) is 6.74. The monoisotopic (exact) mass is 315 g/mol. The summed E-state index contributed by atoms with van der Waals surface area (Å²) < 4.78 is 27.3. The van der Waals surface area contributed by atoms with Crippen molar-refractivity contribution < 1.29 is 8.42 Å². The average molecular weight is 315 g/mol. The molecule has 1 aromatic heterocycles. The van der Waals surface area contributed by atoms with Gasteiger partial charge in [-0.3, -0.25) is 0 Å². The number of sulfonamides is 1.